The van der Waals surface area contributed by atoms with Crippen LogP contribution in [0.15, 0.2) is 23.2 Å². The maximum absolute atomic E-state index is 12.2. The highest BCUT2D eigenvalue weighted by Crippen LogP contribution is 2.25. The molecule has 3 heterocycles. The first-order valence-electron chi connectivity index (χ1n) is 7.82. The van der Waals surface area contributed by atoms with E-state index in [1.165, 1.54) is 0 Å². The zero-order valence-electron chi connectivity index (χ0n) is 14.0. The van der Waals surface area contributed by atoms with Gasteiger partial charge in [0.1, 0.15) is 22.3 Å². The second-order valence-electron chi connectivity index (χ2n) is 6.68. The monoisotopic (exact) mass is 393 g/mol. The van der Waals surface area contributed by atoms with Gasteiger partial charge in [0, 0.05) is 31.6 Å². The molecule has 1 aliphatic rings. The smallest absolute Gasteiger partial charge is 0.410 e. The van der Waals surface area contributed by atoms with Gasteiger partial charge in [0.05, 0.1) is 11.7 Å². The van der Waals surface area contributed by atoms with Crippen LogP contribution in [0.4, 0.5) is 10.6 Å². The van der Waals surface area contributed by atoms with E-state index < -0.39 is 5.60 Å². The van der Waals surface area contributed by atoms with E-state index in [0.29, 0.717) is 26.2 Å². The summed E-state index contributed by atoms with van der Waals surface area (Å²) < 4.78 is 6.18. The maximum atomic E-state index is 12.2. The molecule has 1 fully saturated rings. The average Bonchev–Trinajstić information content (AvgIpc) is 2.53. The lowest BCUT2D eigenvalue weighted by molar-refractivity contribution is 0.0240. The van der Waals surface area contributed by atoms with Gasteiger partial charge >= 0.3 is 6.09 Å². The topological polar surface area (TPSA) is 71.5 Å². The standard InChI is InChI=1S/C16H20BrN5O2/c1-16(2,3)24-15(23)22-6-4-21(5-7-22)14-11-8-13(17)18-9-12(11)19-10-20-14/h8-10H,4-7H2,1-3H3. The van der Waals surface area contributed by atoms with Crippen molar-refractivity contribution in [1.29, 1.82) is 0 Å². The van der Waals surface area contributed by atoms with Gasteiger partial charge in [-0.25, -0.2) is 19.7 Å². The van der Waals surface area contributed by atoms with Crippen LogP contribution in [-0.4, -0.2) is 57.7 Å². The minimum absolute atomic E-state index is 0.262. The van der Waals surface area contributed by atoms with E-state index in [9.17, 15) is 4.79 Å². The summed E-state index contributed by atoms with van der Waals surface area (Å²) in [6.45, 7) is 8.23. The summed E-state index contributed by atoms with van der Waals surface area (Å²) >= 11 is 3.39. The highest BCUT2D eigenvalue weighted by molar-refractivity contribution is 9.10. The molecule has 0 bridgehead atoms. The Labute approximate surface area is 149 Å². The third kappa shape index (κ3) is 3.75. The third-order valence-electron chi connectivity index (χ3n) is 3.70. The highest BCUT2D eigenvalue weighted by atomic mass is 79.9. The number of aromatic nitrogens is 3. The molecule has 0 saturated carbocycles. The van der Waals surface area contributed by atoms with E-state index in [4.69, 9.17) is 4.74 Å². The normalized spacial score (nSPS) is 15.7. The number of anilines is 1. The number of amides is 1. The van der Waals surface area contributed by atoms with Crippen molar-refractivity contribution in [3.05, 3.63) is 23.2 Å². The Morgan fingerprint density at radius 1 is 1.17 bits per heavy atom. The first-order valence-corrected chi connectivity index (χ1v) is 8.62. The van der Waals surface area contributed by atoms with Crippen molar-refractivity contribution < 1.29 is 9.53 Å². The number of pyridine rings is 1. The molecule has 1 aliphatic heterocycles. The van der Waals surface area contributed by atoms with Gasteiger partial charge in [0.15, 0.2) is 0 Å². The lowest BCUT2D eigenvalue weighted by atomic mass is 10.2. The second-order valence-corrected chi connectivity index (χ2v) is 7.49. The first kappa shape index (κ1) is 16.9. The number of halogens is 1. The van der Waals surface area contributed by atoms with Crippen LogP contribution in [0.25, 0.3) is 10.9 Å². The van der Waals surface area contributed by atoms with Crippen molar-refractivity contribution in [3.63, 3.8) is 0 Å². The molecule has 0 N–H and O–H groups in total. The molecule has 1 amide bonds. The molecule has 2 aromatic heterocycles. The molecule has 0 radical (unpaired) electrons. The van der Waals surface area contributed by atoms with E-state index in [1.54, 1.807) is 17.4 Å². The number of nitrogens with zero attached hydrogens (tertiary/aromatic N) is 5. The van der Waals surface area contributed by atoms with Gasteiger partial charge in [0.25, 0.3) is 0 Å². The molecule has 24 heavy (non-hydrogen) atoms. The molecule has 0 unspecified atom stereocenters. The number of fused-ring (bicyclic) bond motifs is 1. The fraction of sp³-hybridized carbons (Fsp3) is 0.500. The molecule has 128 valence electrons. The summed E-state index contributed by atoms with van der Waals surface area (Å²) in [4.78, 5) is 29.0. The Morgan fingerprint density at radius 3 is 2.54 bits per heavy atom. The van der Waals surface area contributed by atoms with Gasteiger partial charge in [-0.15, -0.1) is 0 Å². The molecule has 0 aliphatic carbocycles. The lowest BCUT2D eigenvalue weighted by Gasteiger charge is -2.36. The van der Waals surface area contributed by atoms with Crippen LogP contribution in [0.1, 0.15) is 20.8 Å². The number of hydrogen-bond acceptors (Lipinski definition) is 6. The van der Waals surface area contributed by atoms with Crippen LogP contribution >= 0.6 is 15.9 Å². The van der Waals surface area contributed by atoms with Gasteiger partial charge in [-0.05, 0) is 42.8 Å². The molecule has 2 aromatic rings. The number of ether oxygens (including phenoxy) is 1. The summed E-state index contributed by atoms with van der Waals surface area (Å²) in [5.74, 6) is 0.868. The molecule has 0 atom stereocenters. The van der Waals surface area contributed by atoms with Crippen LogP contribution in [0, 0.1) is 0 Å². The SMILES string of the molecule is CC(C)(C)OC(=O)N1CCN(c2ncnc3cnc(Br)cc23)CC1. The van der Waals surface area contributed by atoms with Crippen molar-refractivity contribution in [1.82, 2.24) is 19.9 Å². The Kier molecular flexibility index (Phi) is 4.58. The summed E-state index contributed by atoms with van der Waals surface area (Å²) in [6.07, 6.45) is 3.01. The van der Waals surface area contributed by atoms with Gasteiger partial charge in [-0.3, -0.25) is 0 Å². The number of piperazine rings is 1. The zero-order valence-corrected chi connectivity index (χ0v) is 15.6. The quantitative estimate of drug-likeness (QED) is 0.693. The Balaban J connectivity index is 1.73. The molecule has 3 rings (SSSR count). The van der Waals surface area contributed by atoms with Crippen molar-refractivity contribution in [3.8, 4) is 0 Å². The van der Waals surface area contributed by atoms with Crippen molar-refractivity contribution in [2.45, 2.75) is 26.4 Å². The minimum Gasteiger partial charge on any atom is -0.444 e. The van der Waals surface area contributed by atoms with Crippen LogP contribution in [0.2, 0.25) is 0 Å². The molecule has 8 heteroatoms. The molecular weight excluding hydrogens is 374 g/mol. The zero-order chi connectivity index (χ0) is 17.3. The number of hydrogen-bond donors (Lipinski definition) is 0. The van der Waals surface area contributed by atoms with E-state index in [-0.39, 0.29) is 6.09 Å². The number of carbonyl (C=O) groups excluding carboxylic acids is 1. The van der Waals surface area contributed by atoms with Crippen LogP contribution in [-0.2, 0) is 4.74 Å². The third-order valence-corrected chi connectivity index (χ3v) is 4.13. The van der Waals surface area contributed by atoms with Gasteiger partial charge in [0.2, 0.25) is 0 Å². The van der Waals surface area contributed by atoms with Gasteiger partial charge in [-0.1, -0.05) is 0 Å². The largest absolute Gasteiger partial charge is 0.444 e. The highest BCUT2D eigenvalue weighted by Gasteiger charge is 2.27. The van der Waals surface area contributed by atoms with E-state index >= 15 is 0 Å². The van der Waals surface area contributed by atoms with Crippen molar-refractivity contribution in [2.24, 2.45) is 0 Å². The average molecular weight is 394 g/mol. The molecular formula is C16H20BrN5O2. The minimum atomic E-state index is -0.476. The molecule has 7 nitrogen and oxygen atoms in total. The van der Waals surface area contributed by atoms with E-state index in [0.717, 1.165) is 21.3 Å². The van der Waals surface area contributed by atoms with Crippen molar-refractivity contribution in [2.75, 3.05) is 31.1 Å². The predicted octanol–water partition coefficient (Wildman–Crippen LogP) is 2.84. The summed E-state index contributed by atoms with van der Waals surface area (Å²) in [5, 5.41) is 0.949. The van der Waals surface area contributed by atoms with Gasteiger partial charge in [-0.2, -0.15) is 0 Å². The Morgan fingerprint density at radius 2 is 1.88 bits per heavy atom. The molecule has 0 spiro atoms. The lowest BCUT2D eigenvalue weighted by Crippen LogP contribution is -2.50. The predicted molar refractivity (Wildman–Crippen MR) is 95.1 cm³/mol. The summed E-state index contributed by atoms with van der Waals surface area (Å²) in [7, 11) is 0. The maximum Gasteiger partial charge on any atom is 0.410 e. The number of rotatable bonds is 1. The van der Waals surface area contributed by atoms with E-state index in [1.807, 2.05) is 26.8 Å². The second kappa shape index (κ2) is 6.51. The van der Waals surface area contributed by atoms with Crippen LogP contribution < -0.4 is 4.90 Å². The Hall–Kier alpha value is -1.96. The fourth-order valence-electron chi connectivity index (χ4n) is 2.60. The summed E-state index contributed by atoms with van der Waals surface area (Å²) in [6, 6.07) is 1.92. The Bertz CT molecular complexity index is 754. The van der Waals surface area contributed by atoms with Crippen LogP contribution in [0.5, 0.6) is 0 Å². The fourth-order valence-corrected chi connectivity index (χ4v) is 2.93. The number of carbonyl (C=O) groups is 1. The molecule has 1 saturated heterocycles. The molecule has 0 aromatic carbocycles. The first-order chi connectivity index (χ1) is 11.3. The van der Waals surface area contributed by atoms with Gasteiger partial charge < -0.3 is 14.5 Å². The van der Waals surface area contributed by atoms with E-state index in [2.05, 4.69) is 35.8 Å². The van der Waals surface area contributed by atoms with Crippen LogP contribution in [0.3, 0.4) is 0 Å². The van der Waals surface area contributed by atoms with Crippen molar-refractivity contribution >= 4 is 38.7 Å². The summed E-state index contributed by atoms with van der Waals surface area (Å²) in [5.41, 5.74) is 0.328.